The third kappa shape index (κ3) is 3.71. The second-order valence-corrected chi connectivity index (χ2v) is 15.4. The van der Waals surface area contributed by atoms with Crippen molar-refractivity contribution >= 4 is 19.1 Å². The number of rotatable bonds is 7. The molecule has 0 aliphatic rings. The molecule has 0 aliphatic heterocycles. The van der Waals surface area contributed by atoms with Crippen LogP contribution in [0.4, 0.5) is 0 Å². The zero-order valence-electron chi connectivity index (χ0n) is 19.5. The molecule has 29 heavy (non-hydrogen) atoms. The van der Waals surface area contributed by atoms with E-state index in [1.165, 1.54) is 27.6 Å². The first-order valence-corrected chi connectivity index (χ1v) is 13.2. The average Bonchev–Trinajstić information content (AvgIpc) is 3.00. The standard InChI is InChI=1S/C26H38N2Si/c1-19(2)29(20(3)4,21(5)6)28-18-23(17-27(7)8)26-24(15-12-16-25(26)28)22-13-10-9-11-14-22/h9-16,18-21H,17H2,1-8H3. The molecule has 1 aromatic heterocycles. The SMILES string of the molecule is CC(C)[Si](C(C)C)(C(C)C)n1cc(CN(C)C)c2c(-c3ccccc3)cccc21. The molecule has 0 fully saturated rings. The van der Waals surface area contributed by atoms with Crippen LogP contribution in [0.2, 0.25) is 16.6 Å². The molecule has 2 aromatic carbocycles. The Bertz CT molecular complexity index is 930. The summed E-state index contributed by atoms with van der Waals surface area (Å²) in [4.78, 5) is 2.30. The molecule has 0 unspecified atom stereocenters. The summed E-state index contributed by atoms with van der Waals surface area (Å²) in [7, 11) is 2.52. The van der Waals surface area contributed by atoms with Crippen LogP contribution in [0.1, 0.15) is 47.1 Å². The molecule has 0 atom stereocenters. The lowest BCUT2D eigenvalue weighted by molar-refractivity contribution is 0.404. The Balaban J connectivity index is 2.41. The van der Waals surface area contributed by atoms with E-state index in [0.717, 1.165) is 6.54 Å². The Labute approximate surface area is 178 Å². The minimum Gasteiger partial charge on any atom is -0.373 e. The van der Waals surface area contributed by atoms with Crippen LogP contribution in [0.15, 0.2) is 54.7 Å². The van der Waals surface area contributed by atoms with Crippen LogP contribution in [0.25, 0.3) is 22.0 Å². The maximum Gasteiger partial charge on any atom is 0.169 e. The Morgan fingerprint density at radius 2 is 1.38 bits per heavy atom. The number of aromatic nitrogens is 1. The summed E-state index contributed by atoms with van der Waals surface area (Å²) < 4.78 is 2.77. The van der Waals surface area contributed by atoms with Crippen LogP contribution >= 0.6 is 0 Å². The van der Waals surface area contributed by atoms with Crippen LogP contribution < -0.4 is 0 Å². The van der Waals surface area contributed by atoms with Crippen LogP contribution in [-0.4, -0.2) is 31.5 Å². The van der Waals surface area contributed by atoms with E-state index >= 15 is 0 Å². The molecule has 0 saturated heterocycles. The van der Waals surface area contributed by atoms with E-state index in [1.54, 1.807) is 0 Å². The average molecular weight is 407 g/mol. The maximum absolute atomic E-state index is 2.77. The van der Waals surface area contributed by atoms with Gasteiger partial charge in [-0.15, -0.1) is 0 Å². The highest BCUT2D eigenvalue weighted by atomic mass is 28.3. The first kappa shape index (κ1) is 21.9. The van der Waals surface area contributed by atoms with E-state index in [9.17, 15) is 0 Å². The largest absolute Gasteiger partial charge is 0.373 e. The number of hydrogen-bond donors (Lipinski definition) is 0. The second-order valence-electron chi connectivity index (χ2n) is 9.68. The van der Waals surface area contributed by atoms with Crippen molar-refractivity contribution in [3.8, 4) is 11.1 Å². The van der Waals surface area contributed by atoms with E-state index in [-0.39, 0.29) is 0 Å². The minimum atomic E-state index is -1.82. The number of nitrogens with zero attached hydrogens (tertiary/aromatic N) is 2. The first-order chi connectivity index (χ1) is 13.7. The molecule has 3 rings (SSSR count). The number of benzene rings is 2. The van der Waals surface area contributed by atoms with Crippen LogP contribution in [0.5, 0.6) is 0 Å². The van der Waals surface area contributed by atoms with Gasteiger partial charge in [0, 0.05) is 23.6 Å². The van der Waals surface area contributed by atoms with E-state index in [2.05, 4.69) is 119 Å². The monoisotopic (exact) mass is 406 g/mol. The lowest BCUT2D eigenvalue weighted by Gasteiger charge is -2.44. The summed E-state index contributed by atoms with van der Waals surface area (Å²) in [5, 5.41) is 1.44. The number of hydrogen-bond acceptors (Lipinski definition) is 1. The summed E-state index contributed by atoms with van der Waals surface area (Å²) in [5.74, 6) is 0. The predicted molar refractivity (Wildman–Crippen MR) is 131 cm³/mol. The second kappa shape index (κ2) is 8.49. The van der Waals surface area contributed by atoms with Gasteiger partial charge in [0.2, 0.25) is 0 Å². The van der Waals surface area contributed by atoms with Gasteiger partial charge in [-0.2, -0.15) is 0 Å². The van der Waals surface area contributed by atoms with E-state index in [4.69, 9.17) is 0 Å². The molecular formula is C26H38N2Si. The Morgan fingerprint density at radius 1 is 0.793 bits per heavy atom. The minimum absolute atomic E-state index is 0.672. The fraction of sp³-hybridized carbons (Fsp3) is 0.462. The van der Waals surface area contributed by atoms with Gasteiger partial charge in [0.1, 0.15) is 0 Å². The van der Waals surface area contributed by atoms with Crippen molar-refractivity contribution < 1.29 is 0 Å². The summed E-state index contributed by atoms with van der Waals surface area (Å²) in [6.45, 7) is 15.7. The van der Waals surface area contributed by atoms with Gasteiger partial charge in [0.05, 0.1) is 0 Å². The van der Waals surface area contributed by atoms with E-state index in [1.807, 2.05) is 0 Å². The predicted octanol–water partition coefficient (Wildman–Crippen LogP) is 7.39. The normalized spacial score (nSPS) is 12.8. The van der Waals surface area contributed by atoms with Crippen LogP contribution in [-0.2, 0) is 6.54 Å². The quantitative estimate of drug-likeness (QED) is 0.371. The Kier molecular flexibility index (Phi) is 6.40. The molecule has 0 aliphatic carbocycles. The summed E-state index contributed by atoms with van der Waals surface area (Å²) >= 11 is 0. The molecule has 3 aromatic rings. The van der Waals surface area contributed by atoms with Crippen molar-refractivity contribution in [2.75, 3.05) is 14.1 Å². The molecule has 0 N–H and O–H groups in total. The van der Waals surface area contributed by atoms with Crippen molar-refractivity contribution in [2.24, 2.45) is 0 Å². The third-order valence-electron chi connectivity index (χ3n) is 6.67. The molecule has 156 valence electrons. The number of fused-ring (bicyclic) bond motifs is 1. The Morgan fingerprint density at radius 3 is 1.90 bits per heavy atom. The topological polar surface area (TPSA) is 8.17 Å². The molecule has 0 radical (unpaired) electrons. The van der Waals surface area contributed by atoms with Gasteiger partial charge in [-0.25, -0.2) is 0 Å². The molecule has 0 bridgehead atoms. The molecule has 0 spiro atoms. The highest BCUT2D eigenvalue weighted by molar-refractivity contribution is 6.82. The van der Waals surface area contributed by atoms with Crippen molar-refractivity contribution in [3.05, 3.63) is 60.3 Å². The molecule has 1 heterocycles. The molecule has 2 nitrogen and oxygen atoms in total. The van der Waals surface area contributed by atoms with Crippen molar-refractivity contribution in [3.63, 3.8) is 0 Å². The van der Waals surface area contributed by atoms with Gasteiger partial charge in [-0.3, -0.25) is 0 Å². The van der Waals surface area contributed by atoms with Gasteiger partial charge in [-0.1, -0.05) is 84.0 Å². The van der Waals surface area contributed by atoms with Crippen molar-refractivity contribution in [1.82, 2.24) is 9.13 Å². The lowest BCUT2D eigenvalue weighted by Crippen LogP contribution is -2.51. The molecule has 3 heteroatoms. The van der Waals surface area contributed by atoms with E-state index in [0.29, 0.717) is 16.6 Å². The van der Waals surface area contributed by atoms with E-state index < -0.39 is 8.24 Å². The first-order valence-electron chi connectivity index (χ1n) is 11.0. The molecule has 0 amide bonds. The summed E-state index contributed by atoms with van der Waals surface area (Å²) in [5.41, 5.74) is 7.55. The van der Waals surface area contributed by atoms with Gasteiger partial charge in [0.15, 0.2) is 8.24 Å². The fourth-order valence-electron chi connectivity index (χ4n) is 5.84. The summed E-state index contributed by atoms with van der Waals surface area (Å²) in [6.07, 6.45) is 2.52. The fourth-order valence-corrected chi connectivity index (χ4v) is 12.5. The molecule has 0 saturated carbocycles. The third-order valence-corrected chi connectivity index (χ3v) is 13.4. The van der Waals surface area contributed by atoms with Crippen molar-refractivity contribution in [1.29, 1.82) is 0 Å². The highest BCUT2D eigenvalue weighted by Crippen LogP contribution is 2.46. The van der Waals surface area contributed by atoms with Crippen LogP contribution in [0.3, 0.4) is 0 Å². The van der Waals surface area contributed by atoms with Crippen LogP contribution in [0, 0.1) is 0 Å². The highest BCUT2D eigenvalue weighted by Gasteiger charge is 2.46. The zero-order valence-corrected chi connectivity index (χ0v) is 20.5. The Hall–Kier alpha value is -1.84. The van der Waals surface area contributed by atoms with Gasteiger partial charge in [-0.05, 0) is 53.5 Å². The van der Waals surface area contributed by atoms with Crippen molar-refractivity contribution in [2.45, 2.75) is 64.7 Å². The lowest BCUT2D eigenvalue weighted by atomic mass is 9.99. The zero-order chi connectivity index (χ0) is 21.3. The summed E-state index contributed by atoms with van der Waals surface area (Å²) in [6, 6.07) is 17.8. The smallest absolute Gasteiger partial charge is 0.169 e. The maximum atomic E-state index is 2.77. The van der Waals surface area contributed by atoms with Gasteiger partial charge >= 0.3 is 0 Å². The van der Waals surface area contributed by atoms with Gasteiger partial charge < -0.3 is 9.13 Å². The molecular weight excluding hydrogens is 368 g/mol. The van der Waals surface area contributed by atoms with Gasteiger partial charge in [0.25, 0.3) is 0 Å².